The molecule has 0 saturated heterocycles. The van der Waals surface area contributed by atoms with Gasteiger partial charge in [-0.1, -0.05) is 6.08 Å². The van der Waals surface area contributed by atoms with E-state index in [9.17, 15) is 9.18 Å². The topological polar surface area (TPSA) is 60.3 Å². The van der Waals surface area contributed by atoms with Crippen molar-refractivity contribution in [2.75, 3.05) is 26.2 Å². The quantitative estimate of drug-likeness (QED) is 0.821. The molecule has 0 spiro atoms. The number of hydrogen-bond donors (Lipinski definition) is 1. The maximum absolute atomic E-state index is 14.3. The molecule has 0 bridgehead atoms. The molecule has 3 unspecified atom stereocenters. The highest BCUT2D eigenvalue weighted by Gasteiger charge is 2.32. The van der Waals surface area contributed by atoms with E-state index < -0.39 is 6.17 Å². The lowest BCUT2D eigenvalue weighted by molar-refractivity contribution is -0.134. The van der Waals surface area contributed by atoms with Crippen molar-refractivity contribution in [1.29, 1.82) is 0 Å². The average molecular weight is 335 g/mol. The van der Waals surface area contributed by atoms with Gasteiger partial charge in [-0.3, -0.25) is 14.8 Å². The fraction of sp³-hybridized carbons (Fsp3) is 0.706. The molecule has 0 aromatic rings. The lowest BCUT2D eigenvalue weighted by Crippen LogP contribution is -2.50. The Balaban J connectivity index is 1.69. The lowest BCUT2D eigenvalue weighted by atomic mass is 9.91. The Hall–Kier alpha value is -1.92. The first-order valence-electron chi connectivity index (χ1n) is 8.73. The van der Waals surface area contributed by atoms with Crippen molar-refractivity contribution in [3.05, 3.63) is 11.8 Å². The third-order valence-corrected chi connectivity index (χ3v) is 4.83. The van der Waals surface area contributed by atoms with Crippen LogP contribution in [0.15, 0.2) is 21.8 Å². The van der Waals surface area contributed by atoms with Crippen molar-refractivity contribution in [2.24, 2.45) is 15.9 Å². The van der Waals surface area contributed by atoms with Crippen LogP contribution in [0.25, 0.3) is 0 Å². The average Bonchev–Trinajstić information content (AvgIpc) is 3.26. The van der Waals surface area contributed by atoms with E-state index in [2.05, 4.69) is 15.3 Å². The number of carbonyl (C=O) groups excluding carboxylic acids is 1. The third kappa shape index (κ3) is 3.60. The number of nitrogens with one attached hydrogen (secondary N) is 1. The number of carbonyl (C=O) groups is 1. The Kier molecular flexibility index (Phi) is 5.16. The summed E-state index contributed by atoms with van der Waals surface area (Å²) in [7, 11) is 0. The van der Waals surface area contributed by atoms with Gasteiger partial charge >= 0.3 is 0 Å². The maximum Gasteiger partial charge on any atom is 0.247 e. The first kappa shape index (κ1) is 16.9. The zero-order valence-corrected chi connectivity index (χ0v) is 14.4. The van der Waals surface area contributed by atoms with Gasteiger partial charge in [0.15, 0.2) is 0 Å². The van der Waals surface area contributed by atoms with E-state index in [-0.39, 0.29) is 23.9 Å². The van der Waals surface area contributed by atoms with Crippen LogP contribution in [0.2, 0.25) is 0 Å². The summed E-state index contributed by atoms with van der Waals surface area (Å²) in [6.07, 6.45) is 5.67. The summed E-state index contributed by atoms with van der Waals surface area (Å²) in [6.45, 7) is 6.62. The first-order valence-corrected chi connectivity index (χ1v) is 8.73. The maximum atomic E-state index is 14.3. The molecular formula is C17H26FN5O. The Labute approximate surface area is 142 Å². The van der Waals surface area contributed by atoms with E-state index in [4.69, 9.17) is 0 Å². The van der Waals surface area contributed by atoms with Crippen LogP contribution in [0.3, 0.4) is 0 Å². The molecule has 1 aliphatic carbocycles. The smallest absolute Gasteiger partial charge is 0.247 e. The normalized spacial score (nSPS) is 29.1. The summed E-state index contributed by atoms with van der Waals surface area (Å²) in [5, 5.41) is 3.01. The molecule has 1 N–H and O–H groups in total. The molecule has 0 aromatic heterocycles. The van der Waals surface area contributed by atoms with Crippen LogP contribution in [0.5, 0.6) is 0 Å². The minimum Gasteiger partial charge on any atom is -0.363 e. The predicted molar refractivity (Wildman–Crippen MR) is 92.9 cm³/mol. The van der Waals surface area contributed by atoms with Crippen molar-refractivity contribution < 1.29 is 9.18 Å². The van der Waals surface area contributed by atoms with Gasteiger partial charge in [0, 0.05) is 24.8 Å². The molecule has 2 aliphatic heterocycles. The summed E-state index contributed by atoms with van der Waals surface area (Å²) in [6, 6.07) is -0.160. The second-order valence-electron chi connectivity index (χ2n) is 6.91. The van der Waals surface area contributed by atoms with Crippen molar-refractivity contribution in [1.82, 2.24) is 15.1 Å². The van der Waals surface area contributed by atoms with Gasteiger partial charge in [-0.15, -0.1) is 0 Å². The van der Waals surface area contributed by atoms with E-state index in [0.29, 0.717) is 25.2 Å². The van der Waals surface area contributed by atoms with Crippen molar-refractivity contribution in [3.8, 4) is 0 Å². The Morgan fingerprint density at radius 3 is 2.92 bits per heavy atom. The molecule has 132 valence electrons. The van der Waals surface area contributed by atoms with Crippen LogP contribution >= 0.6 is 0 Å². The number of aliphatic imine (C=N–C) groups is 2. The van der Waals surface area contributed by atoms with Crippen molar-refractivity contribution in [3.63, 3.8) is 0 Å². The second kappa shape index (κ2) is 7.32. The van der Waals surface area contributed by atoms with E-state index in [1.807, 2.05) is 29.7 Å². The van der Waals surface area contributed by atoms with Crippen LogP contribution in [0.4, 0.5) is 4.39 Å². The molecule has 3 rings (SSSR count). The van der Waals surface area contributed by atoms with Crippen LogP contribution in [0, 0.1) is 5.92 Å². The molecule has 3 atom stereocenters. The van der Waals surface area contributed by atoms with Gasteiger partial charge in [-0.25, -0.2) is 4.39 Å². The number of rotatable bonds is 5. The van der Waals surface area contributed by atoms with Gasteiger partial charge in [0.25, 0.3) is 0 Å². The Bertz CT molecular complexity index is 551. The largest absolute Gasteiger partial charge is 0.363 e. The molecular weight excluding hydrogens is 309 g/mol. The van der Waals surface area contributed by atoms with Crippen LogP contribution in [-0.4, -0.2) is 72.8 Å². The summed E-state index contributed by atoms with van der Waals surface area (Å²) >= 11 is 0. The summed E-state index contributed by atoms with van der Waals surface area (Å²) < 4.78 is 14.3. The third-order valence-electron chi connectivity index (χ3n) is 4.83. The number of allylic oxidation sites excluding steroid dienone is 1. The van der Waals surface area contributed by atoms with Gasteiger partial charge in [-0.05, 0) is 32.6 Å². The SMILES string of the molecule is CC(C)N(CC1C=C(N2C=NCC2)C(F)CC1)C(=O)C1CN=CN1. The predicted octanol–water partition coefficient (Wildman–Crippen LogP) is 1.20. The highest BCUT2D eigenvalue weighted by Crippen LogP contribution is 2.29. The van der Waals surface area contributed by atoms with Crippen LogP contribution in [0.1, 0.15) is 26.7 Å². The number of amides is 1. The minimum absolute atomic E-state index is 0.0718. The van der Waals surface area contributed by atoms with Gasteiger partial charge in [0.2, 0.25) is 5.91 Å². The second-order valence-corrected chi connectivity index (χ2v) is 6.91. The number of halogens is 1. The minimum atomic E-state index is -0.932. The standard InChI is InChI=1S/C17H26FN5O/c1-12(2)23(17(24)15-8-20-10-21-15)9-13-3-4-14(18)16(7-13)22-6-5-19-11-22/h7,10-15H,3-6,8-9H2,1-2H3,(H,20,21). The number of hydrogen-bond acceptors (Lipinski definition) is 5. The highest BCUT2D eigenvalue weighted by molar-refractivity contribution is 5.86. The fourth-order valence-electron chi connectivity index (χ4n) is 3.44. The summed E-state index contributed by atoms with van der Waals surface area (Å²) in [5.74, 6) is 0.247. The summed E-state index contributed by atoms with van der Waals surface area (Å²) in [5.41, 5.74) is 0.714. The molecule has 0 aromatic carbocycles. The molecule has 0 fully saturated rings. The molecule has 2 heterocycles. The fourth-order valence-corrected chi connectivity index (χ4v) is 3.44. The van der Waals surface area contributed by atoms with Crippen LogP contribution < -0.4 is 5.32 Å². The van der Waals surface area contributed by atoms with Crippen molar-refractivity contribution in [2.45, 2.75) is 44.9 Å². The van der Waals surface area contributed by atoms with Gasteiger partial charge in [-0.2, -0.15) is 0 Å². The molecule has 0 radical (unpaired) electrons. The van der Waals surface area contributed by atoms with E-state index in [1.54, 1.807) is 12.7 Å². The zero-order valence-electron chi connectivity index (χ0n) is 14.4. The van der Waals surface area contributed by atoms with Crippen LogP contribution in [-0.2, 0) is 4.79 Å². The highest BCUT2D eigenvalue weighted by atomic mass is 19.1. The van der Waals surface area contributed by atoms with Gasteiger partial charge < -0.3 is 15.1 Å². The lowest BCUT2D eigenvalue weighted by Gasteiger charge is -2.35. The summed E-state index contributed by atoms with van der Waals surface area (Å²) in [4.78, 5) is 24.8. The molecule has 7 heteroatoms. The van der Waals surface area contributed by atoms with E-state index >= 15 is 0 Å². The molecule has 24 heavy (non-hydrogen) atoms. The number of nitrogens with zero attached hydrogens (tertiary/aromatic N) is 4. The monoisotopic (exact) mass is 335 g/mol. The molecule has 6 nitrogen and oxygen atoms in total. The Morgan fingerprint density at radius 2 is 2.29 bits per heavy atom. The van der Waals surface area contributed by atoms with Crippen molar-refractivity contribution >= 4 is 18.6 Å². The molecule has 3 aliphatic rings. The Morgan fingerprint density at radius 1 is 1.46 bits per heavy atom. The van der Waals surface area contributed by atoms with E-state index in [1.165, 1.54) is 0 Å². The van der Waals surface area contributed by atoms with Gasteiger partial charge in [0.05, 0.1) is 25.8 Å². The first-order chi connectivity index (χ1) is 11.6. The van der Waals surface area contributed by atoms with Gasteiger partial charge in [0.1, 0.15) is 12.2 Å². The zero-order chi connectivity index (χ0) is 17.1. The molecule has 1 amide bonds. The van der Waals surface area contributed by atoms with E-state index in [0.717, 1.165) is 19.5 Å². The number of alkyl halides is 1. The molecule has 0 saturated carbocycles.